The zero-order valence-corrected chi connectivity index (χ0v) is 11.9. The van der Waals surface area contributed by atoms with E-state index in [0.717, 1.165) is 20.5 Å². The van der Waals surface area contributed by atoms with Gasteiger partial charge in [0, 0.05) is 13.0 Å². The van der Waals surface area contributed by atoms with Crippen molar-refractivity contribution >= 4 is 33.5 Å². The first-order chi connectivity index (χ1) is 9.22. The molecule has 0 aliphatic carbocycles. The molecule has 3 aromatic heterocycles. The second-order valence-electron chi connectivity index (χ2n) is 4.06. The van der Waals surface area contributed by atoms with Crippen LogP contribution in [0.2, 0.25) is 0 Å². The van der Waals surface area contributed by atoms with Gasteiger partial charge in [-0.1, -0.05) is 17.4 Å². The predicted octanol–water partition coefficient (Wildman–Crippen LogP) is 2.13. The van der Waals surface area contributed by atoms with E-state index in [0.29, 0.717) is 13.0 Å². The van der Waals surface area contributed by atoms with Crippen LogP contribution < -0.4 is 5.32 Å². The van der Waals surface area contributed by atoms with Crippen LogP contribution in [0, 0.1) is 6.92 Å². The van der Waals surface area contributed by atoms with Crippen molar-refractivity contribution in [2.45, 2.75) is 13.3 Å². The van der Waals surface area contributed by atoms with Gasteiger partial charge in [-0.05, 0) is 18.4 Å². The van der Waals surface area contributed by atoms with Gasteiger partial charge in [-0.25, -0.2) is 9.50 Å². The van der Waals surface area contributed by atoms with Crippen LogP contribution in [0.1, 0.15) is 20.4 Å². The van der Waals surface area contributed by atoms with Gasteiger partial charge >= 0.3 is 0 Å². The van der Waals surface area contributed by atoms with E-state index in [4.69, 9.17) is 0 Å². The van der Waals surface area contributed by atoms with Gasteiger partial charge < -0.3 is 5.32 Å². The van der Waals surface area contributed by atoms with Gasteiger partial charge in [0.1, 0.15) is 5.01 Å². The first-order valence-corrected chi connectivity index (χ1v) is 7.55. The van der Waals surface area contributed by atoms with Crippen LogP contribution in [0.5, 0.6) is 0 Å². The van der Waals surface area contributed by atoms with Crippen molar-refractivity contribution in [3.8, 4) is 0 Å². The number of carbonyl (C=O) groups is 1. The normalized spacial score (nSPS) is 11.0. The first kappa shape index (κ1) is 12.3. The number of fused-ring (bicyclic) bond motifs is 1. The zero-order chi connectivity index (χ0) is 13.2. The summed E-state index contributed by atoms with van der Waals surface area (Å²) in [6.07, 6.45) is 2.63. The Morgan fingerprint density at radius 2 is 2.42 bits per heavy atom. The molecule has 0 saturated heterocycles. The van der Waals surface area contributed by atoms with Crippen molar-refractivity contribution in [3.05, 3.63) is 39.3 Å². The summed E-state index contributed by atoms with van der Waals surface area (Å²) < 4.78 is 1.79. The van der Waals surface area contributed by atoms with Crippen LogP contribution >= 0.6 is 22.7 Å². The minimum absolute atomic E-state index is 0.0232. The number of rotatable bonds is 4. The SMILES string of the molecule is Cc1nn2cc(CCNC(=O)c3cccs3)nc2s1. The summed E-state index contributed by atoms with van der Waals surface area (Å²) in [6.45, 7) is 2.54. The summed E-state index contributed by atoms with van der Waals surface area (Å²) in [6, 6.07) is 3.69. The molecule has 0 fully saturated rings. The number of aryl methyl sites for hydroxylation is 1. The number of nitrogens with one attached hydrogen (secondary N) is 1. The summed E-state index contributed by atoms with van der Waals surface area (Å²) in [7, 11) is 0. The third kappa shape index (κ3) is 2.66. The fourth-order valence-electron chi connectivity index (χ4n) is 1.76. The average molecular weight is 292 g/mol. The zero-order valence-electron chi connectivity index (χ0n) is 10.3. The van der Waals surface area contributed by atoms with E-state index < -0.39 is 0 Å². The molecule has 0 spiro atoms. The lowest BCUT2D eigenvalue weighted by Crippen LogP contribution is -2.24. The molecule has 0 bridgehead atoms. The number of hydrogen-bond acceptors (Lipinski definition) is 5. The Hall–Kier alpha value is -1.73. The Morgan fingerprint density at radius 3 is 3.16 bits per heavy atom. The third-order valence-electron chi connectivity index (χ3n) is 2.61. The van der Waals surface area contributed by atoms with E-state index in [1.807, 2.05) is 30.6 Å². The maximum Gasteiger partial charge on any atom is 0.261 e. The Kier molecular flexibility index (Phi) is 3.31. The fraction of sp³-hybridized carbons (Fsp3) is 0.250. The van der Waals surface area contributed by atoms with Crippen molar-refractivity contribution in [1.82, 2.24) is 19.9 Å². The predicted molar refractivity (Wildman–Crippen MR) is 76.0 cm³/mol. The smallest absolute Gasteiger partial charge is 0.261 e. The first-order valence-electron chi connectivity index (χ1n) is 5.86. The molecule has 1 amide bonds. The van der Waals surface area contributed by atoms with Crippen molar-refractivity contribution < 1.29 is 4.79 Å². The van der Waals surface area contributed by atoms with Gasteiger partial charge in [0.2, 0.25) is 4.96 Å². The van der Waals surface area contributed by atoms with Crippen LogP contribution in [-0.2, 0) is 6.42 Å². The van der Waals surface area contributed by atoms with Crippen LogP contribution in [0.15, 0.2) is 23.7 Å². The van der Waals surface area contributed by atoms with Crippen molar-refractivity contribution in [2.75, 3.05) is 6.54 Å². The van der Waals surface area contributed by atoms with Crippen molar-refractivity contribution in [1.29, 1.82) is 0 Å². The second-order valence-corrected chi connectivity index (χ2v) is 6.17. The minimum atomic E-state index is -0.0232. The highest BCUT2D eigenvalue weighted by molar-refractivity contribution is 7.16. The number of amides is 1. The molecular weight excluding hydrogens is 280 g/mol. The van der Waals surface area contributed by atoms with Crippen LogP contribution in [0.25, 0.3) is 4.96 Å². The Labute approximate surface area is 117 Å². The molecule has 0 unspecified atom stereocenters. The van der Waals surface area contributed by atoms with Crippen LogP contribution in [-0.4, -0.2) is 27.0 Å². The number of hydrogen-bond donors (Lipinski definition) is 1. The number of aromatic nitrogens is 3. The lowest BCUT2D eigenvalue weighted by atomic mass is 10.3. The maximum atomic E-state index is 11.7. The quantitative estimate of drug-likeness (QED) is 0.801. The van der Waals surface area contributed by atoms with Gasteiger partial charge in [-0.3, -0.25) is 4.79 Å². The molecule has 7 heteroatoms. The van der Waals surface area contributed by atoms with E-state index >= 15 is 0 Å². The summed E-state index contributed by atoms with van der Waals surface area (Å²) in [4.78, 5) is 17.8. The second kappa shape index (κ2) is 5.10. The molecule has 3 rings (SSSR count). The largest absolute Gasteiger partial charge is 0.351 e. The van der Waals surface area contributed by atoms with Gasteiger partial charge in [-0.2, -0.15) is 5.10 Å². The Morgan fingerprint density at radius 1 is 1.53 bits per heavy atom. The molecule has 0 aromatic carbocycles. The summed E-state index contributed by atoms with van der Waals surface area (Å²) in [5, 5.41) is 10.1. The van der Waals surface area contributed by atoms with Crippen molar-refractivity contribution in [2.24, 2.45) is 0 Å². The van der Waals surface area contributed by atoms with E-state index in [-0.39, 0.29) is 5.91 Å². The molecular formula is C12H12N4OS2. The molecule has 0 aliphatic rings. The number of imidazole rings is 1. The molecule has 0 aliphatic heterocycles. The average Bonchev–Trinajstić information content (AvgIpc) is 3.03. The topological polar surface area (TPSA) is 59.3 Å². The van der Waals surface area contributed by atoms with E-state index in [1.165, 1.54) is 11.3 Å². The molecule has 1 N–H and O–H groups in total. The monoisotopic (exact) mass is 292 g/mol. The van der Waals surface area contributed by atoms with Gasteiger partial charge in [0.05, 0.1) is 16.8 Å². The van der Waals surface area contributed by atoms with Gasteiger partial charge in [0.25, 0.3) is 5.91 Å². The Balaban J connectivity index is 1.57. The summed E-state index contributed by atoms with van der Waals surface area (Å²) in [5.41, 5.74) is 0.949. The van der Waals surface area contributed by atoms with Gasteiger partial charge in [-0.15, -0.1) is 11.3 Å². The van der Waals surface area contributed by atoms with E-state index in [9.17, 15) is 4.79 Å². The molecule has 19 heavy (non-hydrogen) atoms. The third-order valence-corrected chi connectivity index (χ3v) is 4.31. The van der Waals surface area contributed by atoms with Crippen LogP contribution in [0.3, 0.4) is 0 Å². The van der Waals surface area contributed by atoms with Crippen molar-refractivity contribution in [3.63, 3.8) is 0 Å². The molecule has 5 nitrogen and oxygen atoms in total. The van der Waals surface area contributed by atoms with Gasteiger partial charge in [0.15, 0.2) is 0 Å². The lowest BCUT2D eigenvalue weighted by Gasteiger charge is -2.01. The molecule has 3 heterocycles. The highest BCUT2D eigenvalue weighted by Gasteiger charge is 2.08. The van der Waals surface area contributed by atoms with Crippen LogP contribution in [0.4, 0.5) is 0 Å². The highest BCUT2D eigenvalue weighted by Crippen LogP contribution is 2.13. The molecule has 98 valence electrons. The Bertz CT molecular complexity index is 667. The molecule has 3 aromatic rings. The highest BCUT2D eigenvalue weighted by atomic mass is 32.1. The molecule has 0 atom stereocenters. The summed E-state index contributed by atoms with van der Waals surface area (Å²) in [5.74, 6) is -0.0232. The van der Waals surface area contributed by atoms with E-state index in [2.05, 4.69) is 15.4 Å². The molecule has 0 radical (unpaired) electrons. The molecule has 0 saturated carbocycles. The number of nitrogens with zero attached hydrogens (tertiary/aromatic N) is 3. The number of thiophene rings is 1. The lowest BCUT2D eigenvalue weighted by molar-refractivity contribution is 0.0958. The standard InChI is InChI=1S/C12H12N4OS2/c1-8-15-16-7-9(14-12(16)19-8)4-5-13-11(17)10-3-2-6-18-10/h2-3,6-7H,4-5H2,1H3,(H,13,17). The van der Waals surface area contributed by atoms with E-state index in [1.54, 1.807) is 15.9 Å². The maximum absolute atomic E-state index is 11.7. The fourth-order valence-corrected chi connectivity index (χ4v) is 3.15. The summed E-state index contributed by atoms with van der Waals surface area (Å²) >= 11 is 3.01. The number of carbonyl (C=O) groups excluding carboxylic acids is 1. The minimum Gasteiger partial charge on any atom is -0.351 e.